The Hall–Kier alpha value is -0.540. The second kappa shape index (κ2) is 8.68. The number of anilines is 1. The van der Waals surface area contributed by atoms with Gasteiger partial charge >= 0.3 is 0 Å². The van der Waals surface area contributed by atoms with Gasteiger partial charge in [-0.25, -0.2) is 0 Å². The fourth-order valence-electron chi connectivity index (χ4n) is 2.78. The highest BCUT2D eigenvalue weighted by atomic mass is 79.9. The molecule has 0 aliphatic carbocycles. The molecule has 0 bridgehead atoms. The quantitative estimate of drug-likeness (QED) is 0.781. The van der Waals surface area contributed by atoms with E-state index in [0.717, 1.165) is 13.1 Å². The summed E-state index contributed by atoms with van der Waals surface area (Å²) in [5.74, 6) is 0. The Kier molecular flexibility index (Phi) is 6.88. The average Bonchev–Trinajstić information content (AvgIpc) is 2.40. The highest BCUT2D eigenvalue weighted by molar-refractivity contribution is 9.10. The lowest BCUT2D eigenvalue weighted by molar-refractivity contribution is 0.556. The molecule has 0 amide bonds. The molecule has 1 N–H and O–H groups in total. The minimum absolute atomic E-state index is 0.953. The zero-order valence-corrected chi connectivity index (χ0v) is 14.2. The maximum absolute atomic E-state index is 3.73. The van der Waals surface area contributed by atoms with Crippen LogP contribution in [0.1, 0.15) is 51.0 Å². The Morgan fingerprint density at radius 1 is 1.10 bits per heavy atom. The van der Waals surface area contributed by atoms with Gasteiger partial charge in [0.25, 0.3) is 0 Å². The van der Waals surface area contributed by atoms with Crippen LogP contribution in [0.4, 0.5) is 5.69 Å². The van der Waals surface area contributed by atoms with Gasteiger partial charge in [-0.1, -0.05) is 48.2 Å². The van der Waals surface area contributed by atoms with Gasteiger partial charge in [-0.3, -0.25) is 0 Å². The smallest absolute Gasteiger partial charge is 0.0377 e. The number of benzene rings is 1. The topological polar surface area (TPSA) is 15.3 Å². The van der Waals surface area contributed by atoms with E-state index in [0.29, 0.717) is 0 Å². The molecule has 3 heteroatoms. The van der Waals surface area contributed by atoms with Crippen molar-refractivity contribution in [3.8, 4) is 0 Å². The minimum atomic E-state index is 0.953. The van der Waals surface area contributed by atoms with Crippen LogP contribution in [0.5, 0.6) is 0 Å². The molecule has 1 aromatic carbocycles. The Bertz CT molecular complexity index is 398. The molecule has 1 aliphatic rings. The van der Waals surface area contributed by atoms with Gasteiger partial charge < -0.3 is 10.2 Å². The standard InChI is InChI=1S/C17H27BrN2/c1-2-10-19-14-15-8-9-16(13-17(15)18)20-11-6-4-3-5-7-12-20/h8-9,13,19H,2-7,10-12,14H2,1H3. The van der Waals surface area contributed by atoms with Crippen LogP contribution >= 0.6 is 15.9 Å². The lowest BCUT2D eigenvalue weighted by Crippen LogP contribution is -2.27. The average molecular weight is 339 g/mol. The third kappa shape index (κ3) is 4.78. The van der Waals surface area contributed by atoms with Crippen molar-refractivity contribution < 1.29 is 0 Å². The summed E-state index contributed by atoms with van der Waals surface area (Å²) in [6.07, 6.45) is 8.03. The molecule has 1 aromatic rings. The maximum Gasteiger partial charge on any atom is 0.0377 e. The molecule has 0 unspecified atom stereocenters. The Labute approximate surface area is 132 Å². The predicted octanol–water partition coefficient (Wildman–Crippen LogP) is 4.72. The van der Waals surface area contributed by atoms with E-state index in [-0.39, 0.29) is 0 Å². The summed E-state index contributed by atoms with van der Waals surface area (Å²) in [5.41, 5.74) is 2.73. The van der Waals surface area contributed by atoms with Gasteiger partial charge in [0, 0.05) is 29.8 Å². The van der Waals surface area contributed by atoms with Crippen molar-refractivity contribution in [2.24, 2.45) is 0 Å². The molecule has 1 heterocycles. The minimum Gasteiger partial charge on any atom is -0.372 e. The lowest BCUT2D eigenvalue weighted by Gasteiger charge is -2.27. The molecular weight excluding hydrogens is 312 g/mol. The first-order chi connectivity index (χ1) is 9.81. The Morgan fingerprint density at radius 2 is 1.80 bits per heavy atom. The number of rotatable bonds is 5. The van der Waals surface area contributed by atoms with E-state index in [9.17, 15) is 0 Å². The SMILES string of the molecule is CCCNCc1ccc(N2CCCCCCC2)cc1Br. The molecule has 2 rings (SSSR count). The first kappa shape index (κ1) is 15.8. The molecule has 1 saturated heterocycles. The van der Waals surface area contributed by atoms with Gasteiger partial charge in [0.05, 0.1) is 0 Å². The molecule has 0 atom stereocenters. The van der Waals surface area contributed by atoms with Gasteiger partial charge in [0.1, 0.15) is 0 Å². The zero-order chi connectivity index (χ0) is 14.2. The number of halogens is 1. The second-order valence-electron chi connectivity index (χ2n) is 5.71. The van der Waals surface area contributed by atoms with Crippen molar-refractivity contribution in [1.82, 2.24) is 5.32 Å². The van der Waals surface area contributed by atoms with E-state index in [4.69, 9.17) is 0 Å². The van der Waals surface area contributed by atoms with Gasteiger partial charge in [0.15, 0.2) is 0 Å². The first-order valence-corrected chi connectivity index (χ1v) is 8.84. The first-order valence-electron chi connectivity index (χ1n) is 8.05. The largest absolute Gasteiger partial charge is 0.372 e. The summed E-state index contributed by atoms with van der Waals surface area (Å²) in [6, 6.07) is 6.85. The van der Waals surface area contributed by atoms with Gasteiger partial charge in [0.2, 0.25) is 0 Å². The number of hydrogen-bond acceptors (Lipinski definition) is 2. The second-order valence-corrected chi connectivity index (χ2v) is 6.56. The van der Waals surface area contributed by atoms with E-state index < -0.39 is 0 Å². The van der Waals surface area contributed by atoms with E-state index in [1.54, 1.807) is 0 Å². The highest BCUT2D eigenvalue weighted by Crippen LogP contribution is 2.26. The van der Waals surface area contributed by atoms with Crippen LogP contribution in [-0.4, -0.2) is 19.6 Å². The summed E-state index contributed by atoms with van der Waals surface area (Å²) in [6.45, 7) is 6.65. The number of hydrogen-bond donors (Lipinski definition) is 1. The van der Waals surface area contributed by atoms with Crippen LogP contribution in [0, 0.1) is 0 Å². The normalized spacial score (nSPS) is 16.8. The van der Waals surface area contributed by atoms with Crippen LogP contribution in [0.3, 0.4) is 0 Å². The third-order valence-electron chi connectivity index (χ3n) is 4.00. The molecule has 2 nitrogen and oxygen atoms in total. The Morgan fingerprint density at radius 3 is 2.45 bits per heavy atom. The fraction of sp³-hybridized carbons (Fsp3) is 0.647. The highest BCUT2D eigenvalue weighted by Gasteiger charge is 2.10. The molecule has 0 aromatic heterocycles. The van der Waals surface area contributed by atoms with Crippen LogP contribution in [0.25, 0.3) is 0 Å². The summed E-state index contributed by atoms with van der Waals surface area (Å²) in [4.78, 5) is 2.55. The van der Waals surface area contributed by atoms with Crippen molar-refractivity contribution in [1.29, 1.82) is 0 Å². The van der Waals surface area contributed by atoms with Gasteiger partial charge in [-0.15, -0.1) is 0 Å². The predicted molar refractivity (Wildman–Crippen MR) is 91.4 cm³/mol. The third-order valence-corrected chi connectivity index (χ3v) is 4.74. The van der Waals surface area contributed by atoms with Crippen LogP contribution in [0.2, 0.25) is 0 Å². The summed E-state index contributed by atoms with van der Waals surface area (Å²) < 4.78 is 1.24. The van der Waals surface area contributed by atoms with E-state index in [1.807, 2.05) is 0 Å². The van der Waals surface area contributed by atoms with Crippen molar-refractivity contribution in [3.05, 3.63) is 28.2 Å². The summed E-state index contributed by atoms with van der Waals surface area (Å²) in [7, 11) is 0. The molecule has 1 fully saturated rings. The molecule has 0 saturated carbocycles. The lowest BCUT2D eigenvalue weighted by atomic mass is 10.1. The van der Waals surface area contributed by atoms with Crippen molar-refractivity contribution in [3.63, 3.8) is 0 Å². The van der Waals surface area contributed by atoms with Crippen LogP contribution in [-0.2, 0) is 6.54 Å². The monoisotopic (exact) mass is 338 g/mol. The van der Waals surface area contributed by atoms with E-state index in [1.165, 1.54) is 67.3 Å². The number of nitrogens with one attached hydrogen (secondary N) is 1. The van der Waals surface area contributed by atoms with Crippen LogP contribution < -0.4 is 10.2 Å². The van der Waals surface area contributed by atoms with Crippen LogP contribution in [0.15, 0.2) is 22.7 Å². The zero-order valence-electron chi connectivity index (χ0n) is 12.6. The molecule has 112 valence electrons. The molecule has 0 radical (unpaired) electrons. The van der Waals surface area contributed by atoms with Gasteiger partial charge in [-0.2, -0.15) is 0 Å². The number of nitrogens with zero attached hydrogens (tertiary/aromatic N) is 1. The molecular formula is C17H27BrN2. The summed E-state index contributed by atoms with van der Waals surface area (Å²) >= 11 is 3.73. The molecule has 0 spiro atoms. The Balaban J connectivity index is 1.99. The fourth-order valence-corrected chi connectivity index (χ4v) is 3.29. The van der Waals surface area contributed by atoms with Crippen molar-refractivity contribution in [2.75, 3.05) is 24.5 Å². The van der Waals surface area contributed by atoms with Crippen molar-refractivity contribution >= 4 is 21.6 Å². The van der Waals surface area contributed by atoms with Crippen molar-refractivity contribution in [2.45, 2.75) is 52.0 Å². The van der Waals surface area contributed by atoms with E-state index >= 15 is 0 Å². The molecule has 20 heavy (non-hydrogen) atoms. The molecule has 1 aliphatic heterocycles. The summed E-state index contributed by atoms with van der Waals surface area (Å²) in [5, 5.41) is 3.47. The maximum atomic E-state index is 3.73. The van der Waals surface area contributed by atoms with Gasteiger partial charge in [-0.05, 0) is 43.5 Å². The van der Waals surface area contributed by atoms with E-state index in [2.05, 4.69) is 51.3 Å².